The van der Waals surface area contributed by atoms with Gasteiger partial charge in [0.2, 0.25) is 0 Å². The molecular weight excluding hydrogens is 123 g/mol. The van der Waals surface area contributed by atoms with Crippen molar-refractivity contribution in [1.82, 2.24) is 0 Å². The molecule has 0 radical (unpaired) electrons. The van der Waals surface area contributed by atoms with Crippen LogP contribution in [0.4, 0.5) is 4.53 Å². The maximum absolute atomic E-state index is 10.6. The number of hydrogen-bond donors (Lipinski definition) is 0. The van der Waals surface area contributed by atoms with Crippen molar-refractivity contribution < 1.29 is 17.3 Å². The molecule has 0 saturated carbocycles. The molecule has 0 aliphatic heterocycles. The second kappa shape index (κ2) is 4.17. The minimum absolute atomic E-state index is 0.177. The molecule has 1 unspecified atom stereocenters. The summed E-state index contributed by atoms with van der Waals surface area (Å²) in [5.74, 6) is 0. The van der Waals surface area contributed by atoms with Crippen LogP contribution in [0.3, 0.4) is 0 Å². The predicted molar refractivity (Wildman–Crippen MR) is 22.0 cm³/mol. The summed E-state index contributed by atoms with van der Waals surface area (Å²) in [6, 6.07) is 0. The number of hydrogen-bond acceptors (Lipinski definition) is 3. The Bertz CT molecular complexity index is 66.0. The van der Waals surface area contributed by atoms with Crippen molar-refractivity contribution in [2.24, 2.45) is 0 Å². The zero-order valence-corrected chi connectivity index (χ0v) is 4.53. The van der Waals surface area contributed by atoms with Gasteiger partial charge in [-0.15, -0.1) is 0 Å². The summed E-state index contributed by atoms with van der Waals surface area (Å²) in [5, 5.41) is 0. The van der Waals surface area contributed by atoms with Crippen LogP contribution in [0.2, 0.25) is 0 Å². The first kappa shape index (κ1) is 7.00. The Labute approximate surface area is 43.2 Å². The molecule has 0 heterocycles. The molecule has 0 amide bonds. The molecule has 44 valence electrons. The predicted octanol–water partition coefficient (Wildman–Crippen LogP) is 0.503. The first-order valence-corrected chi connectivity index (χ1v) is 2.65. The van der Waals surface area contributed by atoms with Crippen molar-refractivity contribution in [3.05, 3.63) is 0 Å². The summed E-state index contributed by atoms with van der Waals surface area (Å²) < 4.78 is 27.2. The van der Waals surface area contributed by atoms with Crippen LogP contribution in [-0.2, 0) is 19.9 Å². The molecule has 0 bridgehead atoms. The van der Waals surface area contributed by atoms with Gasteiger partial charge in [-0.25, -0.2) is 0 Å². The normalized spacial score (nSPS) is 14.0. The van der Waals surface area contributed by atoms with Crippen LogP contribution in [0, 0.1) is 0 Å². The number of rotatable bonds is 3. The minimum atomic E-state index is -2.19. The van der Waals surface area contributed by atoms with E-state index >= 15 is 0 Å². The summed E-state index contributed by atoms with van der Waals surface area (Å²) in [5.41, 5.74) is 0. The molecule has 0 aromatic rings. The van der Waals surface area contributed by atoms with Crippen LogP contribution >= 0.6 is 0 Å². The Kier molecular flexibility index (Phi) is 4.17. The molecule has 1 atom stereocenters. The zero-order valence-electron chi connectivity index (χ0n) is 3.72. The third kappa shape index (κ3) is 3.84. The molecule has 5 heteroatoms. The van der Waals surface area contributed by atoms with Crippen molar-refractivity contribution in [2.45, 2.75) is 6.92 Å². The maximum atomic E-state index is 10.6. The van der Waals surface area contributed by atoms with E-state index in [0.29, 0.717) is 0 Å². The van der Waals surface area contributed by atoms with E-state index < -0.39 is 11.4 Å². The second-order valence-corrected chi connectivity index (χ2v) is 1.44. The van der Waals surface area contributed by atoms with E-state index in [-0.39, 0.29) is 6.61 Å². The number of halogens is 1. The lowest BCUT2D eigenvalue weighted by atomic mass is 10.9. The fourth-order valence-corrected chi connectivity index (χ4v) is 0.343. The highest BCUT2D eigenvalue weighted by Gasteiger charge is 1.93. The molecule has 0 N–H and O–H groups in total. The van der Waals surface area contributed by atoms with Gasteiger partial charge in [0.15, 0.2) is 0 Å². The first-order chi connectivity index (χ1) is 3.31. The van der Waals surface area contributed by atoms with Crippen molar-refractivity contribution in [3.63, 3.8) is 0 Å². The van der Waals surface area contributed by atoms with E-state index in [0.717, 1.165) is 0 Å². The Hall–Kier alpha value is -0.0000000000000000278. The van der Waals surface area contributed by atoms with Gasteiger partial charge in [0.05, 0.1) is 6.61 Å². The standard InChI is InChI=1S/C2H5FO3S/c1-2-5-7(4)6-3/h2H2,1H3. The summed E-state index contributed by atoms with van der Waals surface area (Å²) in [6.07, 6.45) is 0. The molecule has 7 heavy (non-hydrogen) atoms. The van der Waals surface area contributed by atoms with Crippen molar-refractivity contribution in [3.8, 4) is 0 Å². The van der Waals surface area contributed by atoms with E-state index in [1.165, 1.54) is 0 Å². The van der Waals surface area contributed by atoms with Gasteiger partial charge in [-0.05, 0) is 11.4 Å². The van der Waals surface area contributed by atoms with E-state index in [9.17, 15) is 8.74 Å². The third-order valence-corrected chi connectivity index (χ3v) is 0.797. The van der Waals surface area contributed by atoms with Gasteiger partial charge < -0.3 is 0 Å². The molecule has 0 rings (SSSR count). The zero-order chi connectivity index (χ0) is 5.70. The van der Waals surface area contributed by atoms with Crippen molar-refractivity contribution >= 4 is 11.4 Å². The van der Waals surface area contributed by atoms with Crippen molar-refractivity contribution in [1.29, 1.82) is 0 Å². The van der Waals surface area contributed by atoms with Crippen LogP contribution in [0.5, 0.6) is 0 Å². The molecule has 0 saturated heterocycles. The molecule has 0 fully saturated rings. The Morgan fingerprint density at radius 1 is 1.86 bits per heavy atom. The van der Waals surface area contributed by atoms with Crippen molar-refractivity contribution in [2.75, 3.05) is 6.61 Å². The molecule has 0 aliphatic carbocycles. The molecule has 0 spiro atoms. The summed E-state index contributed by atoms with van der Waals surface area (Å²) in [7, 11) is 0. The Morgan fingerprint density at radius 2 is 2.43 bits per heavy atom. The molecular formula is C2H5FO3S. The van der Waals surface area contributed by atoms with Crippen LogP contribution in [-0.4, -0.2) is 10.8 Å². The fourth-order valence-electron chi connectivity index (χ4n) is 0.114. The van der Waals surface area contributed by atoms with E-state index in [1.54, 1.807) is 6.92 Å². The SMILES string of the molecule is CCOS(=O)OF. The molecule has 3 nitrogen and oxygen atoms in total. The largest absolute Gasteiger partial charge is 0.337 e. The van der Waals surface area contributed by atoms with E-state index in [1.807, 2.05) is 0 Å². The lowest BCUT2D eigenvalue weighted by molar-refractivity contribution is -0.00456. The summed E-state index contributed by atoms with van der Waals surface area (Å²) >= 11 is -2.19. The Morgan fingerprint density at radius 3 is 2.57 bits per heavy atom. The smallest absolute Gasteiger partial charge is 0.267 e. The van der Waals surface area contributed by atoms with Gasteiger partial charge in [-0.1, -0.05) is 4.39 Å². The average molecular weight is 128 g/mol. The fraction of sp³-hybridized carbons (Fsp3) is 1.00. The lowest BCUT2D eigenvalue weighted by Gasteiger charge is -1.87. The molecule has 0 aromatic heterocycles. The molecule has 0 aliphatic rings. The van der Waals surface area contributed by atoms with Gasteiger partial charge in [0, 0.05) is 0 Å². The maximum Gasteiger partial charge on any atom is 0.337 e. The van der Waals surface area contributed by atoms with Gasteiger partial charge in [0.1, 0.15) is 0 Å². The van der Waals surface area contributed by atoms with Gasteiger partial charge in [0.25, 0.3) is 0 Å². The van der Waals surface area contributed by atoms with Crippen LogP contribution < -0.4 is 0 Å². The van der Waals surface area contributed by atoms with E-state index in [4.69, 9.17) is 0 Å². The Balaban J connectivity index is 3.00. The van der Waals surface area contributed by atoms with Crippen LogP contribution in [0.25, 0.3) is 0 Å². The average Bonchev–Trinajstić information content (AvgIpc) is 1.68. The summed E-state index contributed by atoms with van der Waals surface area (Å²) in [6.45, 7) is 1.76. The lowest BCUT2D eigenvalue weighted by Crippen LogP contribution is -1.94. The quantitative estimate of drug-likeness (QED) is 0.555. The van der Waals surface area contributed by atoms with Crippen LogP contribution in [0.15, 0.2) is 0 Å². The highest BCUT2D eigenvalue weighted by Crippen LogP contribution is 1.85. The first-order valence-electron chi connectivity index (χ1n) is 1.65. The highest BCUT2D eigenvalue weighted by atomic mass is 32.2. The monoisotopic (exact) mass is 128 g/mol. The van der Waals surface area contributed by atoms with Gasteiger partial charge in [-0.2, -0.15) is 4.21 Å². The van der Waals surface area contributed by atoms with Crippen LogP contribution in [0.1, 0.15) is 6.92 Å². The summed E-state index contributed by atoms with van der Waals surface area (Å²) in [4.78, 5) is 0. The van der Waals surface area contributed by atoms with E-state index in [2.05, 4.69) is 8.57 Å². The highest BCUT2D eigenvalue weighted by molar-refractivity contribution is 7.75. The van der Waals surface area contributed by atoms with Gasteiger partial charge in [-0.3, -0.25) is 4.18 Å². The second-order valence-electron chi connectivity index (χ2n) is 0.674. The van der Waals surface area contributed by atoms with Gasteiger partial charge >= 0.3 is 11.4 Å². The topological polar surface area (TPSA) is 35.5 Å². The molecule has 0 aromatic carbocycles. The third-order valence-electron chi connectivity index (χ3n) is 0.266. The minimum Gasteiger partial charge on any atom is -0.267 e.